The Morgan fingerprint density at radius 2 is 2.11 bits per heavy atom. The van der Waals surface area contributed by atoms with Gasteiger partial charge in [-0.3, -0.25) is 4.72 Å². The van der Waals surface area contributed by atoms with Crippen LogP contribution in [0.2, 0.25) is 0 Å². The van der Waals surface area contributed by atoms with E-state index in [0.29, 0.717) is 22.6 Å². The van der Waals surface area contributed by atoms with E-state index in [1.165, 1.54) is 6.07 Å². The first-order valence-electron chi connectivity index (χ1n) is 6.07. The van der Waals surface area contributed by atoms with Gasteiger partial charge in [0.15, 0.2) is 0 Å². The summed E-state index contributed by atoms with van der Waals surface area (Å²) in [5.74, 6) is -0.500. The van der Waals surface area contributed by atoms with Gasteiger partial charge in [-0.15, -0.1) is 0 Å². The predicted molar refractivity (Wildman–Crippen MR) is 77.3 cm³/mol. The van der Waals surface area contributed by atoms with Gasteiger partial charge in [-0.2, -0.15) is 0 Å². The molecule has 1 aromatic carbocycles. The average Bonchev–Trinajstić information content (AvgIpc) is 3.09. The number of rotatable bonds is 6. The number of hydrogen-bond acceptors (Lipinski definition) is 3. The van der Waals surface area contributed by atoms with Crippen molar-refractivity contribution < 1.29 is 12.8 Å². The van der Waals surface area contributed by atoms with Gasteiger partial charge >= 0.3 is 0 Å². The maximum Gasteiger partial charge on any atom is 0.233 e. The van der Waals surface area contributed by atoms with Gasteiger partial charge in [-0.25, -0.2) is 12.8 Å². The summed E-state index contributed by atoms with van der Waals surface area (Å²) in [6.45, 7) is 2.14. The van der Waals surface area contributed by atoms with Crippen molar-refractivity contribution in [2.45, 2.75) is 25.8 Å². The van der Waals surface area contributed by atoms with Gasteiger partial charge in [0.05, 0.1) is 15.9 Å². The second-order valence-electron chi connectivity index (χ2n) is 4.73. The lowest BCUT2D eigenvalue weighted by Gasteiger charge is -2.11. The summed E-state index contributed by atoms with van der Waals surface area (Å²) in [6, 6.07) is 3.21. The summed E-state index contributed by atoms with van der Waals surface area (Å²) < 4.78 is 39.9. The van der Waals surface area contributed by atoms with Crippen LogP contribution in [-0.4, -0.2) is 26.8 Å². The van der Waals surface area contributed by atoms with E-state index in [0.717, 1.165) is 12.8 Å². The van der Waals surface area contributed by atoms with E-state index in [1.54, 1.807) is 13.0 Å². The van der Waals surface area contributed by atoms with Crippen molar-refractivity contribution in [2.24, 2.45) is 0 Å². The molecule has 0 unspecified atom stereocenters. The van der Waals surface area contributed by atoms with Crippen molar-refractivity contribution in [3.63, 3.8) is 0 Å². The van der Waals surface area contributed by atoms with Gasteiger partial charge in [0.1, 0.15) is 5.82 Å². The number of hydrogen-bond donors (Lipinski definition) is 2. The molecule has 1 saturated carbocycles. The molecule has 0 aromatic heterocycles. The Hall–Kier alpha value is -0.660. The van der Waals surface area contributed by atoms with Gasteiger partial charge in [0.2, 0.25) is 10.0 Å². The Kier molecular flexibility index (Phi) is 4.47. The molecule has 2 rings (SSSR count). The van der Waals surface area contributed by atoms with E-state index in [1.807, 2.05) is 0 Å². The second-order valence-corrected chi connectivity index (χ2v) is 7.43. The molecule has 7 heteroatoms. The first-order valence-corrected chi connectivity index (χ1v) is 8.51. The van der Waals surface area contributed by atoms with Gasteiger partial charge in [0.25, 0.3) is 0 Å². The van der Waals surface area contributed by atoms with Gasteiger partial charge in [-0.05, 0) is 53.4 Å². The fourth-order valence-electron chi connectivity index (χ4n) is 1.66. The first-order chi connectivity index (χ1) is 8.87. The summed E-state index contributed by atoms with van der Waals surface area (Å²) in [5, 5.41) is 3.13. The first kappa shape index (κ1) is 14.7. The smallest absolute Gasteiger partial charge is 0.233 e. The number of nitrogens with one attached hydrogen (secondary N) is 2. The summed E-state index contributed by atoms with van der Waals surface area (Å²) >= 11 is 3.06. The number of anilines is 1. The predicted octanol–water partition coefficient (Wildman–Crippen LogP) is 2.39. The van der Waals surface area contributed by atoms with Crippen LogP contribution in [0.25, 0.3) is 0 Å². The SMILES string of the molecule is Cc1cc(Br)c(F)cc1NS(=O)(=O)CCNC1CC1. The monoisotopic (exact) mass is 350 g/mol. The van der Waals surface area contributed by atoms with Gasteiger partial charge in [-0.1, -0.05) is 0 Å². The molecule has 0 saturated heterocycles. The molecule has 19 heavy (non-hydrogen) atoms. The minimum absolute atomic E-state index is 0.0133. The number of halogens is 2. The summed E-state index contributed by atoms with van der Waals surface area (Å²) in [4.78, 5) is 0. The van der Waals surface area contributed by atoms with Crippen molar-refractivity contribution in [3.05, 3.63) is 28.0 Å². The van der Waals surface area contributed by atoms with Crippen LogP contribution in [0.15, 0.2) is 16.6 Å². The van der Waals surface area contributed by atoms with E-state index in [2.05, 4.69) is 26.0 Å². The summed E-state index contributed by atoms with van der Waals surface area (Å²) in [7, 11) is -3.45. The molecule has 1 aliphatic rings. The Bertz CT molecular complexity index is 573. The van der Waals surface area contributed by atoms with E-state index >= 15 is 0 Å². The largest absolute Gasteiger partial charge is 0.313 e. The maximum atomic E-state index is 13.4. The van der Waals surface area contributed by atoms with Crippen molar-refractivity contribution in [3.8, 4) is 0 Å². The minimum Gasteiger partial charge on any atom is -0.313 e. The number of sulfonamides is 1. The topological polar surface area (TPSA) is 58.2 Å². The quantitative estimate of drug-likeness (QED) is 0.828. The Labute approximate surface area is 121 Å². The van der Waals surface area contributed by atoms with Crippen LogP contribution in [0.4, 0.5) is 10.1 Å². The fourth-order valence-corrected chi connectivity index (χ4v) is 3.16. The zero-order valence-electron chi connectivity index (χ0n) is 10.5. The van der Waals surface area contributed by atoms with Crippen LogP contribution in [0, 0.1) is 12.7 Å². The molecule has 0 atom stereocenters. The molecule has 0 aliphatic heterocycles. The zero-order chi connectivity index (χ0) is 14.0. The molecule has 1 aromatic rings. The van der Waals surface area contributed by atoms with Crippen LogP contribution in [-0.2, 0) is 10.0 Å². The van der Waals surface area contributed by atoms with Crippen molar-refractivity contribution in [1.82, 2.24) is 5.32 Å². The molecule has 0 amide bonds. The lowest BCUT2D eigenvalue weighted by Crippen LogP contribution is -2.28. The molecule has 0 radical (unpaired) electrons. The Morgan fingerprint density at radius 1 is 1.42 bits per heavy atom. The fraction of sp³-hybridized carbons (Fsp3) is 0.500. The number of aryl methyl sites for hydroxylation is 1. The summed E-state index contributed by atoms with van der Waals surface area (Å²) in [6.07, 6.45) is 2.23. The highest BCUT2D eigenvalue weighted by Crippen LogP contribution is 2.24. The molecule has 1 aliphatic carbocycles. The van der Waals surface area contributed by atoms with Crippen LogP contribution in [0.3, 0.4) is 0 Å². The van der Waals surface area contributed by atoms with Crippen LogP contribution >= 0.6 is 15.9 Å². The van der Waals surface area contributed by atoms with Gasteiger partial charge in [0, 0.05) is 12.6 Å². The van der Waals surface area contributed by atoms with Crippen molar-refractivity contribution in [1.29, 1.82) is 0 Å². The third-order valence-electron chi connectivity index (χ3n) is 2.91. The van der Waals surface area contributed by atoms with Crippen LogP contribution in [0.1, 0.15) is 18.4 Å². The molecule has 0 bridgehead atoms. The van der Waals surface area contributed by atoms with Crippen molar-refractivity contribution >= 4 is 31.6 Å². The van der Waals surface area contributed by atoms with Gasteiger partial charge < -0.3 is 5.32 Å². The molecule has 2 N–H and O–H groups in total. The molecule has 0 spiro atoms. The third-order valence-corrected chi connectivity index (χ3v) is 4.79. The van der Waals surface area contributed by atoms with Crippen molar-refractivity contribution in [2.75, 3.05) is 17.0 Å². The van der Waals surface area contributed by atoms with E-state index < -0.39 is 15.8 Å². The molecular weight excluding hydrogens is 335 g/mol. The normalized spacial score (nSPS) is 15.5. The van der Waals surface area contributed by atoms with E-state index in [-0.39, 0.29) is 11.4 Å². The Morgan fingerprint density at radius 3 is 2.74 bits per heavy atom. The Balaban J connectivity index is 2.00. The number of benzene rings is 1. The molecular formula is C12H16BrFN2O2S. The molecule has 0 heterocycles. The highest BCUT2D eigenvalue weighted by atomic mass is 79.9. The lowest BCUT2D eigenvalue weighted by atomic mass is 10.2. The van der Waals surface area contributed by atoms with Crippen LogP contribution in [0.5, 0.6) is 0 Å². The molecule has 1 fully saturated rings. The lowest BCUT2D eigenvalue weighted by molar-refractivity contribution is 0.595. The van der Waals surface area contributed by atoms with E-state index in [4.69, 9.17) is 0 Å². The summed E-state index contributed by atoms with van der Waals surface area (Å²) in [5.41, 5.74) is 0.958. The average molecular weight is 351 g/mol. The maximum absolute atomic E-state index is 13.4. The van der Waals surface area contributed by atoms with Crippen LogP contribution < -0.4 is 10.0 Å². The third kappa shape index (κ3) is 4.43. The highest BCUT2D eigenvalue weighted by molar-refractivity contribution is 9.10. The van der Waals surface area contributed by atoms with E-state index in [9.17, 15) is 12.8 Å². The highest BCUT2D eigenvalue weighted by Gasteiger charge is 2.21. The standard InChI is InChI=1S/C12H16BrFN2O2S/c1-8-6-10(13)11(14)7-12(8)16-19(17,18)5-4-15-9-2-3-9/h6-7,9,15-16H,2-5H2,1H3. The second kappa shape index (κ2) is 5.76. The molecule has 4 nitrogen and oxygen atoms in total. The minimum atomic E-state index is -3.45. The zero-order valence-corrected chi connectivity index (χ0v) is 12.9. The molecule has 106 valence electrons.